The normalized spacial score (nSPS) is 14.4. The third-order valence-corrected chi connectivity index (χ3v) is 18.2. The fourth-order valence-electron chi connectivity index (χ4n) is 13.5. The first-order valence-electron chi connectivity index (χ1n) is 31.2. The number of hydrogen-bond donors (Lipinski definition) is 0. The number of allylic oxidation sites excluding steroid dienone is 6. The standard InChI is InChI=1S/C83H67N7/c1-82(2,3)62-38-46-74-70(50-62)71-51-63(83(4,5)6)39-47-75(71)89(74)80-69(61-37-45-76-78(49-61)90-77-48-60(56-24-14-8-15-25-56)36-44-73(77)86-81(90)88(76)67-30-20-11-21-31-67)52-68(79(72(80)53-84)59-26-16-9-17-27-59)58-34-42-66(43-35-58)87(65-28-18-10-19-29-65)54-85-64-40-32-57(33-41-64)55-22-12-7-13-23-55/h7,9-14,16-28,30-34,36-42,44-52,54,65H,29,35,43H2,1-6H3. The van der Waals surface area contributed by atoms with Crippen LogP contribution in [-0.4, -0.2) is 35.8 Å². The first-order valence-corrected chi connectivity index (χ1v) is 31.2. The molecule has 3 heterocycles. The fourth-order valence-corrected chi connectivity index (χ4v) is 13.5. The number of nitriles is 1. The van der Waals surface area contributed by atoms with Crippen LogP contribution in [0.25, 0.3) is 111 Å². The summed E-state index contributed by atoms with van der Waals surface area (Å²) in [7, 11) is 0. The number of benzene rings is 9. The average molecular weight is 1160 g/mol. The van der Waals surface area contributed by atoms with Crippen LogP contribution in [0.3, 0.4) is 0 Å². The molecule has 434 valence electrons. The molecule has 90 heavy (non-hydrogen) atoms. The van der Waals surface area contributed by atoms with Crippen LogP contribution in [0.5, 0.6) is 0 Å². The molecule has 7 heteroatoms. The Morgan fingerprint density at radius 2 is 1.21 bits per heavy atom. The van der Waals surface area contributed by atoms with Crippen molar-refractivity contribution in [2.45, 2.75) is 77.7 Å². The fraction of sp³-hybridized carbons (Fsp3) is 0.145. The predicted octanol–water partition coefficient (Wildman–Crippen LogP) is 20.9. The topological polar surface area (TPSA) is 66.5 Å². The maximum Gasteiger partial charge on any atom is 0.220 e. The molecule has 0 N–H and O–H groups in total. The van der Waals surface area contributed by atoms with Crippen LogP contribution in [0.15, 0.2) is 259 Å². The molecule has 0 bridgehead atoms. The summed E-state index contributed by atoms with van der Waals surface area (Å²) in [5.74, 6) is 0.813. The summed E-state index contributed by atoms with van der Waals surface area (Å²) in [6.07, 6.45) is 17.8. The summed E-state index contributed by atoms with van der Waals surface area (Å²) in [6, 6.07) is 85.0. The number of aromatic nitrogens is 4. The van der Waals surface area contributed by atoms with Crippen molar-refractivity contribution in [2.75, 3.05) is 0 Å². The Hall–Kier alpha value is -11.0. The largest absolute Gasteiger partial charge is 0.329 e. The van der Waals surface area contributed by atoms with E-state index in [4.69, 9.17) is 9.98 Å². The van der Waals surface area contributed by atoms with Gasteiger partial charge in [0.25, 0.3) is 0 Å². The van der Waals surface area contributed by atoms with Gasteiger partial charge in [-0.05, 0) is 189 Å². The Balaban J connectivity index is 0.990. The number of hydrogen-bond acceptors (Lipinski definition) is 3. The molecule has 0 saturated heterocycles. The smallest absolute Gasteiger partial charge is 0.220 e. The summed E-state index contributed by atoms with van der Waals surface area (Å²) in [4.78, 5) is 12.9. The Morgan fingerprint density at radius 1 is 0.567 bits per heavy atom. The van der Waals surface area contributed by atoms with Crippen molar-refractivity contribution >= 4 is 67.2 Å². The number of imidazole rings is 2. The van der Waals surface area contributed by atoms with E-state index in [0.717, 1.165) is 136 Å². The highest BCUT2D eigenvalue weighted by Gasteiger charge is 2.30. The lowest BCUT2D eigenvalue weighted by Crippen LogP contribution is -2.33. The van der Waals surface area contributed by atoms with Gasteiger partial charge in [0.2, 0.25) is 5.78 Å². The van der Waals surface area contributed by atoms with E-state index < -0.39 is 0 Å². The van der Waals surface area contributed by atoms with Gasteiger partial charge >= 0.3 is 0 Å². The average Bonchev–Trinajstić information content (AvgIpc) is 1.52. The lowest BCUT2D eigenvalue weighted by molar-refractivity contribution is 0.429. The minimum atomic E-state index is -0.103. The lowest BCUT2D eigenvalue weighted by atomic mass is 9.83. The van der Waals surface area contributed by atoms with Crippen molar-refractivity contribution in [3.8, 4) is 62.0 Å². The molecule has 7 nitrogen and oxygen atoms in total. The minimum absolute atomic E-state index is 0.0949. The van der Waals surface area contributed by atoms with E-state index >= 15 is 0 Å². The summed E-state index contributed by atoms with van der Waals surface area (Å²) in [5.41, 5.74) is 23.3. The minimum Gasteiger partial charge on any atom is -0.329 e. The van der Waals surface area contributed by atoms with E-state index in [1.807, 2.05) is 24.5 Å². The number of rotatable bonds is 11. The summed E-state index contributed by atoms with van der Waals surface area (Å²) in [5, 5.41) is 14.7. The maximum atomic E-state index is 12.4. The second kappa shape index (κ2) is 22.3. The molecule has 13 aromatic rings. The van der Waals surface area contributed by atoms with Gasteiger partial charge in [0.1, 0.15) is 6.07 Å². The van der Waals surface area contributed by atoms with Crippen molar-refractivity contribution in [1.82, 2.24) is 23.4 Å². The monoisotopic (exact) mass is 1160 g/mol. The molecule has 15 rings (SSSR count). The van der Waals surface area contributed by atoms with Crippen LogP contribution in [0.4, 0.5) is 5.69 Å². The third kappa shape index (κ3) is 9.90. The van der Waals surface area contributed by atoms with Gasteiger partial charge in [-0.2, -0.15) is 5.26 Å². The van der Waals surface area contributed by atoms with Gasteiger partial charge in [-0.25, -0.2) is 9.98 Å². The van der Waals surface area contributed by atoms with Crippen molar-refractivity contribution < 1.29 is 0 Å². The number of para-hydroxylation sites is 1. The van der Waals surface area contributed by atoms with Gasteiger partial charge in [-0.3, -0.25) is 8.97 Å². The second-order valence-corrected chi connectivity index (χ2v) is 25.9. The molecule has 0 aliphatic heterocycles. The van der Waals surface area contributed by atoms with E-state index in [9.17, 15) is 5.26 Å². The molecule has 1 unspecified atom stereocenters. The third-order valence-electron chi connectivity index (χ3n) is 18.2. The first kappa shape index (κ1) is 55.6. The lowest BCUT2D eigenvalue weighted by Gasteiger charge is -2.32. The predicted molar refractivity (Wildman–Crippen MR) is 374 cm³/mol. The van der Waals surface area contributed by atoms with Gasteiger partial charge in [-0.15, -0.1) is 0 Å². The van der Waals surface area contributed by atoms with E-state index in [-0.39, 0.29) is 16.9 Å². The number of fused-ring (bicyclic) bond motifs is 8. The summed E-state index contributed by atoms with van der Waals surface area (Å²) < 4.78 is 6.99. The second-order valence-electron chi connectivity index (χ2n) is 25.9. The van der Waals surface area contributed by atoms with Crippen LogP contribution in [0.1, 0.15) is 83.1 Å². The molecule has 3 aromatic heterocycles. The first-order chi connectivity index (χ1) is 43.9. The molecule has 2 aliphatic carbocycles. The van der Waals surface area contributed by atoms with Gasteiger partial charge in [0, 0.05) is 33.3 Å². The van der Waals surface area contributed by atoms with Crippen LogP contribution < -0.4 is 0 Å². The van der Waals surface area contributed by atoms with Crippen LogP contribution >= 0.6 is 0 Å². The molecule has 1 atom stereocenters. The van der Waals surface area contributed by atoms with Crippen molar-refractivity contribution in [1.29, 1.82) is 5.26 Å². The molecule has 10 aromatic carbocycles. The molecule has 0 spiro atoms. The zero-order valence-electron chi connectivity index (χ0n) is 51.6. The molecular formula is C83H67N7. The zero-order valence-corrected chi connectivity index (χ0v) is 51.6. The summed E-state index contributed by atoms with van der Waals surface area (Å²) in [6.45, 7) is 13.7. The molecular weight excluding hydrogens is 1090 g/mol. The van der Waals surface area contributed by atoms with Crippen molar-refractivity contribution in [2.24, 2.45) is 4.99 Å². The number of nitrogens with zero attached hydrogens (tertiary/aromatic N) is 7. The number of aliphatic imine (C=N–C) groups is 1. The Morgan fingerprint density at radius 3 is 1.84 bits per heavy atom. The van der Waals surface area contributed by atoms with E-state index in [1.165, 1.54) is 22.4 Å². The van der Waals surface area contributed by atoms with Crippen molar-refractivity contribution in [3.63, 3.8) is 0 Å². The highest BCUT2D eigenvalue weighted by atomic mass is 15.2. The Kier molecular flexibility index (Phi) is 13.8. The van der Waals surface area contributed by atoms with Crippen LogP contribution in [0.2, 0.25) is 0 Å². The molecule has 0 saturated carbocycles. The van der Waals surface area contributed by atoms with Gasteiger partial charge in [0.15, 0.2) is 0 Å². The van der Waals surface area contributed by atoms with E-state index in [0.29, 0.717) is 5.56 Å². The van der Waals surface area contributed by atoms with Gasteiger partial charge in [-0.1, -0.05) is 199 Å². The zero-order chi connectivity index (χ0) is 61.3. The van der Waals surface area contributed by atoms with Gasteiger partial charge < -0.3 is 9.47 Å². The highest BCUT2D eigenvalue weighted by Crippen LogP contribution is 2.48. The van der Waals surface area contributed by atoms with E-state index in [1.54, 1.807) is 0 Å². The SMILES string of the molecule is CC(C)(C)c1ccc2c(c1)c1cc(C(C)(C)C)ccc1n2-c1c(-c2ccc3c(c2)n2c4cc(-c5cc#ccc5)ccc4nc2n3-c2ccccc2)cc(C2=CC=C(N(C=Nc3ccc(-c4ccccc4)cc3)C3C=CC=CC3)CC2)c(-c2ccccc2)c1C#N. The summed E-state index contributed by atoms with van der Waals surface area (Å²) >= 11 is 0. The molecule has 0 radical (unpaired) electrons. The Labute approximate surface area is 526 Å². The Bertz CT molecular complexity index is 5070. The van der Waals surface area contributed by atoms with Crippen molar-refractivity contribution in [3.05, 3.63) is 289 Å². The quantitative estimate of drug-likeness (QED) is 0.0957. The van der Waals surface area contributed by atoms with Gasteiger partial charge in [0.05, 0.1) is 62.4 Å². The van der Waals surface area contributed by atoms with Crippen LogP contribution in [0, 0.1) is 23.5 Å². The molecule has 0 amide bonds. The highest BCUT2D eigenvalue weighted by molar-refractivity contribution is 6.11. The molecule has 0 fully saturated rings. The maximum absolute atomic E-state index is 12.4. The molecule has 2 aliphatic rings. The van der Waals surface area contributed by atoms with E-state index in [2.05, 4.69) is 309 Å². The van der Waals surface area contributed by atoms with Crippen LogP contribution in [-0.2, 0) is 10.8 Å².